The molecule has 7 heteroatoms. The van der Waals surface area contributed by atoms with Crippen LogP contribution in [-0.4, -0.2) is 41.7 Å². The minimum atomic E-state index is -0.981. The van der Waals surface area contributed by atoms with Crippen molar-refractivity contribution in [2.75, 3.05) is 0 Å². The molecular formula is C17H24BNO5. The van der Waals surface area contributed by atoms with Crippen LogP contribution in [0.2, 0.25) is 0 Å². The zero-order valence-corrected chi connectivity index (χ0v) is 14.5. The Hall–Kier alpha value is -1.73. The van der Waals surface area contributed by atoms with Crippen LogP contribution in [0.5, 0.6) is 5.75 Å². The molecule has 0 aromatic heterocycles. The van der Waals surface area contributed by atoms with Crippen LogP contribution in [0.3, 0.4) is 0 Å². The van der Waals surface area contributed by atoms with Crippen LogP contribution in [-0.2, 0) is 9.31 Å². The van der Waals surface area contributed by atoms with Gasteiger partial charge in [0.1, 0.15) is 11.9 Å². The molecule has 0 spiro atoms. The molecule has 1 amide bonds. The normalized spacial score (nSPS) is 27.4. The van der Waals surface area contributed by atoms with E-state index in [1.807, 2.05) is 52.0 Å². The first kappa shape index (κ1) is 17.1. The van der Waals surface area contributed by atoms with E-state index in [4.69, 9.17) is 19.2 Å². The van der Waals surface area contributed by atoms with Crippen molar-refractivity contribution in [2.24, 2.45) is 0 Å². The predicted octanol–water partition coefficient (Wildman–Crippen LogP) is 2.16. The first-order chi connectivity index (χ1) is 11.2. The van der Waals surface area contributed by atoms with E-state index in [-0.39, 0.29) is 30.5 Å². The molecule has 0 unspecified atom stereocenters. The van der Waals surface area contributed by atoms with Gasteiger partial charge in [0.05, 0.1) is 11.2 Å². The summed E-state index contributed by atoms with van der Waals surface area (Å²) in [5.74, 6) is 0.772. The van der Waals surface area contributed by atoms with Crippen molar-refractivity contribution in [3.63, 3.8) is 0 Å². The number of nitrogens with one attached hydrogen (secondary N) is 1. The summed E-state index contributed by atoms with van der Waals surface area (Å²) in [6.07, 6.45) is 0.478. The molecule has 0 bridgehead atoms. The Bertz CT molecular complexity index is 594. The number of hydrogen-bond donors (Lipinski definition) is 2. The molecule has 24 heavy (non-hydrogen) atoms. The molecule has 0 atom stereocenters. The SMILES string of the molecule is CC1(C)OB(c2ccc(O[C@H]3C[C@H](NC(=O)O)C3)cc2)OC1(C)C. The largest absolute Gasteiger partial charge is 0.494 e. The Balaban J connectivity index is 1.55. The summed E-state index contributed by atoms with van der Waals surface area (Å²) in [5, 5.41) is 11.1. The van der Waals surface area contributed by atoms with Crippen LogP contribution < -0.4 is 15.5 Å². The minimum Gasteiger partial charge on any atom is -0.490 e. The van der Waals surface area contributed by atoms with Crippen molar-refractivity contribution < 1.29 is 23.9 Å². The van der Waals surface area contributed by atoms with Gasteiger partial charge in [0.25, 0.3) is 0 Å². The van der Waals surface area contributed by atoms with Crippen LogP contribution in [0, 0.1) is 0 Å². The maximum atomic E-state index is 10.5. The van der Waals surface area contributed by atoms with Gasteiger partial charge in [-0.15, -0.1) is 0 Å². The number of amides is 1. The van der Waals surface area contributed by atoms with Crippen molar-refractivity contribution in [3.05, 3.63) is 24.3 Å². The molecular weight excluding hydrogens is 309 g/mol. The lowest BCUT2D eigenvalue weighted by atomic mass is 9.79. The molecule has 1 aromatic carbocycles. The molecule has 1 aromatic rings. The van der Waals surface area contributed by atoms with Crippen LogP contribution in [0.4, 0.5) is 4.79 Å². The number of ether oxygens (including phenoxy) is 1. The van der Waals surface area contributed by atoms with Crippen molar-refractivity contribution in [2.45, 2.75) is 63.9 Å². The van der Waals surface area contributed by atoms with Crippen LogP contribution in [0.1, 0.15) is 40.5 Å². The lowest BCUT2D eigenvalue weighted by Crippen LogP contribution is -2.48. The van der Waals surface area contributed by atoms with Gasteiger partial charge >= 0.3 is 13.2 Å². The van der Waals surface area contributed by atoms with Gasteiger partial charge in [-0.25, -0.2) is 4.79 Å². The Morgan fingerprint density at radius 3 is 2.21 bits per heavy atom. The van der Waals surface area contributed by atoms with E-state index in [0.717, 1.165) is 11.2 Å². The Morgan fingerprint density at radius 2 is 1.71 bits per heavy atom. The highest BCUT2D eigenvalue weighted by Gasteiger charge is 2.51. The van der Waals surface area contributed by atoms with E-state index in [2.05, 4.69) is 5.32 Å². The topological polar surface area (TPSA) is 77.0 Å². The fourth-order valence-electron chi connectivity index (χ4n) is 2.83. The molecule has 1 saturated carbocycles. The van der Waals surface area contributed by atoms with Gasteiger partial charge in [0.2, 0.25) is 0 Å². The molecule has 0 radical (unpaired) electrons. The standard InChI is InChI=1S/C17H24BNO5/c1-16(2)17(3,4)24-18(23-16)11-5-7-13(8-6-11)22-14-9-12(10-14)19-15(20)21/h5-8,12,14,19H,9-10H2,1-4H3,(H,20,21)/t12-,14-. The molecule has 1 saturated heterocycles. The summed E-state index contributed by atoms with van der Waals surface area (Å²) >= 11 is 0. The fourth-order valence-corrected chi connectivity index (χ4v) is 2.83. The first-order valence-electron chi connectivity index (χ1n) is 8.28. The monoisotopic (exact) mass is 333 g/mol. The van der Waals surface area contributed by atoms with E-state index < -0.39 is 6.09 Å². The highest BCUT2D eigenvalue weighted by Crippen LogP contribution is 2.36. The maximum absolute atomic E-state index is 10.5. The summed E-state index contributed by atoms with van der Waals surface area (Å²) in [6, 6.07) is 7.69. The van der Waals surface area contributed by atoms with Crippen LogP contribution in [0.15, 0.2) is 24.3 Å². The first-order valence-corrected chi connectivity index (χ1v) is 8.28. The van der Waals surface area contributed by atoms with Crippen LogP contribution >= 0.6 is 0 Å². The minimum absolute atomic E-state index is 0.00322. The second-order valence-corrected chi connectivity index (χ2v) is 7.51. The number of benzene rings is 1. The lowest BCUT2D eigenvalue weighted by Gasteiger charge is -2.35. The molecule has 2 aliphatic rings. The Kier molecular flexibility index (Phi) is 4.26. The molecule has 1 heterocycles. The van der Waals surface area contributed by atoms with Crippen LogP contribution in [0.25, 0.3) is 0 Å². The van der Waals surface area contributed by atoms with Gasteiger partial charge in [0.15, 0.2) is 0 Å². The lowest BCUT2D eigenvalue weighted by molar-refractivity contribution is 0.00578. The predicted molar refractivity (Wildman–Crippen MR) is 90.8 cm³/mol. The third kappa shape index (κ3) is 3.37. The highest BCUT2D eigenvalue weighted by atomic mass is 16.7. The Labute approximate surface area is 142 Å². The summed E-state index contributed by atoms with van der Waals surface area (Å²) in [4.78, 5) is 10.5. The van der Waals surface area contributed by atoms with Gasteiger partial charge in [-0.3, -0.25) is 0 Å². The number of carbonyl (C=O) groups is 1. The number of hydrogen-bond acceptors (Lipinski definition) is 4. The van der Waals surface area contributed by atoms with Crippen molar-refractivity contribution >= 4 is 18.7 Å². The van der Waals surface area contributed by atoms with Gasteiger partial charge in [-0.1, -0.05) is 12.1 Å². The molecule has 2 fully saturated rings. The molecule has 1 aliphatic heterocycles. The van der Waals surface area contributed by atoms with Crippen molar-refractivity contribution in [1.29, 1.82) is 0 Å². The third-order valence-corrected chi connectivity index (χ3v) is 5.13. The molecule has 6 nitrogen and oxygen atoms in total. The van der Waals surface area contributed by atoms with Crippen molar-refractivity contribution in [1.82, 2.24) is 5.32 Å². The van der Waals surface area contributed by atoms with E-state index >= 15 is 0 Å². The summed E-state index contributed by atoms with van der Waals surface area (Å²) < 4.78 is 17.9. The van der Waals surface area contributed by atoms with E-state index in [1.165, 1.54) is 0 Å². The third-order valence-electron chi connectivity index (χ3n) is 5.13. The molecule has 3 rings (SSSR count). The Morgan fingerprint density at radius 1 is 1.17 bits per heavy atom. The molecule has 130 valence electrons. The van der Waals surface area contributed by atoms with E-state index in [0.29, 0.717) is 12.8 Å². The maximum Gasteiger partial charge on any atom is 0.494 e. The zero-order valence-electron chi connectivity index (χ0n) is 14.5. The average molecular weight is 333 g/mol. The summed E-state index contributed by atoms with van der Waals surface area (Å²) in [7, 11) is -0.378. The van der Waals surface area contributed by atoms with Crippen molar-refractivity contribution in [3.8, 4) is 5.75 Å². The molecule has 2 N–H and O–H groups in total. The fraction of sp³-hybridized carbons (Fsp3) is 0.588. The van der Waals surface area contributed by atoms with E-state index in [1.54, 1.807) is 0 Å². The summed E-state index contributed by atoms with van der Waals surface area (Å²) in [5.41, 5.74) is 0.246. The van der Waals surface area contributed by atoms with Gasteiger partial charge < -0.3 is 24.5 Å². The van der Waals surface area contributed by atoms with E-state index in [9.17, 15) is 4.79 Å². The second-order valence-electron chi connectivity index (χ2n) is 7.51. The highest BCUT2D eigenvalue weighted by molar-refractivity contribution is 6.62. The van der Waals surface area contributed by atoms with Gasteiger partial charge in [-0.2, -0.15) is 0 Å². The quantitative estimate of drug-likeness (QED) is 0.826. The number of carboxylic acid groups (broad SMARTS) is 1. The van der Waals surface area contributed by atoms with Gasteiger partial charge in [0, 0.05) is 18.9 Å². The second kappa shape index (κ2) is 5.97. The molecule has 1 aliphatic carbocycles. The smallest absolute Gasteiger partial charge is 0.490 e. The van der Waals surface area contributed by atoms with Gasteiger partial charge in [-0.05, 0) is 45.3 Å². The summed E-state index contributed by atoms with van der Waals surface area (Å²) in [6.45, 7) is 8.12. The zero-order chi connectivity index (χ0) is 17.5. The number of rotatable bonds is 4. The average Bonchev–Trinajstić information content (AvgIpc) is 2.65.